The molecule has 0 radical (unpaired) electrons. The van der Waals surface area contributed by atoms with Crippen molar-refractivity contribution in [2.24, 2.45) is 5.92 Å². The van der Waals surface area contributed by atoms with Crippen LogP contribution in [-0.2, 0) is 0 Å². The SMILES string of the molecule is CCC1/C=C\C2N(c3ccccc3)c3nc(-c4c(C)cc(C)cc4C)c(-c4c(C)cc(C)cc4C)nc3N2c2ccccc2C1CC. The molecule has 4 heteroatoms. The summed E-state index contributed by atoms with van der Waals surface area (Å²) in [5.41, 5.74) is 15.4. The number of benzene rings is 4. The van der Waals surface area contributed by atoms with Gasteiger partial charge in [0.05, 0.1) is 11.4 Å². The van der Waals surface area contributed by atoms with Crippen molar-refractivity contribution >= 4 is 23.0 Å². The Morgan fingerprint density at radius 3 is 1.62 bits per heavy atom. The Morgan fingerprint density at radius 1 is 0.574 bits per heavy atom. The van der Waals surface area contributed by atoms with E-state index in [1.807, 2.05) is 0 Å². The summed E-state index contributed by atoms with van der Waals surface area (Å²) in [6.45, 7) is 17.8. The first-order valence-electron chi connectivity index (χ1n) is 17.2. The third kappa shape index (κ3) is 5.15. The third-order valence-electron chi connectivity index (χ3n) is 10.3. The zero-order chi connectivity index (χ0) is 33.0. The molecule has 3 heterocycles. The molecule has 0 bridgehead atoms. The number of allylic oxidation sites excluding steroid dienone is 1. The lowest BCUT2D eigenvalue weighted by Gasteiger charge is -2.36. The van der Waals surface area contributed by atoms with Crippen LogP contribution in [0.25, 0.3) is 22.5 Å². The highest BCUT2D eigenvalue weighted by molar-refractivity contribution is 5.92. The highest BCUT2D eigenvalue weighted by Crippen LogP contribution is 2.52. The van der Waals surface area contributed by atoms with Crippen LogP contribution in [0.2, 0.25) is 0 Å². The lowest BCUT2D eigenvalue weighted by Crippen LogP contribution is -2.38. The predicted molar refractivity (Wildman–Crippen MR) is 198 cm³/mol. The summed E-state index contributed by atoms with van der Waals surface area (Å²) in [5.74, 6) is 2.67. The minimum absolute atomic E-state index is 0.107. The summed E-state index contributed by atoms with van der Waals surface area (Å²) in [7, 11) is 0. The number of para-hydroxylation sites is 2. The molecule has 0 amide bonds. The van der Waals surface area contributed by atoms with E-state index in [1.165, 1.54) is 55.8 Å². The highest BCUT2D eigenvalue weighted by atomic mass is 15.5. The van der Waals surface area contributed by atoms with E-state index in [9.17, 15) is 0 Å². The fourth-order valence-corrected chi connectivity index (χ4v) is 8.43. The van der Waals surface area contributed by atoms with E-state index in [4.69, 9.17) is 9.97 Å². The number of anilines is 4. The molecule has 7 rings (SSSR count). The Kier molecular flexibility index (Phi) is 8.00. The van der Waals surface area contributed by atoms with Crippen LogP contribution in [0.15, 0.2) is 91.0 Å². The van der Waals surface area contributed by atoms with Crippen LogP contribution in [0.3, 0.4) is 0 Å². The van der Waals surface area contributed by atoms with Crippen molar-refractivity contribution in [2.45, 2.75) is 80.3 Å². The molecule has 3 unspecified atom stereocenters. The van der Waals surface area contributed by atoms with Crippen molar-refractivity contribution in [3.05, 3.63) is 130 Å². The van der Waals surface area contributed by atoms with Gasteiger partial charge in [-0.1, -0.05) is 91.7 Å². The van der Waals surface area contributed by atoms with Gasteiger partial charge >= 0.3 is 0 Å². The lowest BCUT2D eigenvalue weighted by molar-refractivity contribution is 0.474. The van der Waals surface area contributed by atoms with E-state index in [1.54, 1.807) is 0 Å². The topological polar surface area (TPSA) is 32.3 Å². The number of hydrogen-bond acceptors (Lipinski definition) is 4. The number of rotatable bonds is 5. The Labute approximate surface area is 280 Å². The average Bonchev–Trinajstić information content (AvgIpc) is 3.34. The van der Waals surface area contributed by atoms with Crippen molar-refractivity contribution in [3.63, 3.8) is 0 Å². The summed E-state index contributed by atoms with van der Waals surface area (Å²) in [6.07, 6.45) is 6.94. The minimum atomic E-state index is -0.107. The van der Waals surface area contributed by atoms with E-state index >= 15 is 0 Å². The fraction of sp³-hybridized carbons (Fsp3) is 0.302. The Bertz CT molecular complexity index is 1960. The molecule has 0 aliphatic carbocycles. The smallest absolute Gasteiger partial charge is 0.179 e. The molecule has 0 N–H and O–H groups in total. The van der Waals surface area contributed by atoms with Gasteiger partial charge < -0.3 is 0 Å². The predicted octanol–water partition coefficient (Wildman–Crippen LogP) is 11.4. The first-order chi connectivity index (χ1) is 22.7. The minimum Gasteiger partial charge on any atom is -0.298 e. The van der Waals surface area contributed by atoms with Gasteiger partial charge in [0.25, 0.3) is 0 Å². The van der Waals surface area contributed by atoms with Crippen molar-refractivity contribution in [2.75, 3.05) is 9.80 Å². The summed E-state index contributed by atoms with van der Waals surface area (Å²) < 4.78 is 0. The quantitative estimate of drug-likeness (QED) is 0.183. The molecule has 0 spiro atoms. The largest absolute Gasteiger partial charge is 0.298 e. The van der Waals surface area contributed by atoms with E-state index in [0.717, 1.165) is 41.6 Å². The second-order valence-corrected chi connectivity index (χ2v) is 13.6. The number of hydrogen-bond donors (Lipinski definition) is 0. The number of aromatic nitrogens is 2. The van der Waals surface area contributed by atoms with Crippen LogP contribution in [0.1, 0.15) is 71.6 Å². The molecule has 2 aliphatic heterocycles. The number of aryl methyl sites for hydroxylation is 6. The van der Waals surface area contributed by atoms with Crippen molar-refractivity contribution in [3.8, 4) is 22.5 Å². The monoisotopic (exact) mass is 618 g/mol. The molecular formula is C43H46N4. The van der Waals surface area contributed by atoms with Gasteiger partial charge in [0.1, 0.15) is 6.17 Å². The van der Waals surface area contributed by atoms with E-state index < -0.39 is 0 Å². The lowest BCUT2D eigenvalue weighted by atomic mass is 9.80. The van der Waals surface area contributed by atoms with Gasteiger partial charge in [-0.3, -0.25) is 9.80 Å². The van der Waals surface area contributed by atoms with Crippen molar-refractivity contribution < 1.29 is 0 Å². The molecule has 47 heavy (non-hydrogen) atoms. The summed E-state index contributed by atoms with van der Waals surface area (Å²) in [6, 6.07) is 28.8. The Balaban J connectivity index is 1.61. The van der Waals surface area contributed by atoms with Gasteiger partial charge in [0.2, 0.25) is 0 Å². The third-order valence-corrected chi connectivity index (χ3v) is 10.3. The second-order valence-electron chi connectivity index (χ2n) is 13.6. The van der Waals surface area contributed by atoms with E-state index in [2.05, 4.69) is 156 Å². The van der Waals surface area contributed by atoms with Crippen molar-refractivity contribution in [1.82, 2.24) is 9.97 Å². The molecule has 0 fully saturated rings. The summed E-state index contributed by atoms with van der Waals surface area (Å²) in [5, 5.41) is 0. The number of fused-ring (bicyclic) bond motifs is 5. The second kappa shape index (κ2) is 12.2. The summed E-state index contributed by atoms with van der Waals surface area (Å²) in [4.78, 5) is 16.4. The fourth-order valence-electron chi connectivity index (χ4n) is 8.43. The molecule has 1 aromatic heterocycles. The van der Waals surface area contributed by atoms with Crippen LogP contribution >= 0.6 is 0 Å². The normalized spacial score (nSPS) is 19.1. The average molecular weight is 619 g/mol. The molecule has 0 saturated heterocycles. The van der Waals surface area contributed by atoms with E-state index in [-0.39, 0.29) is 6.17 Å². The molecular weight excluding hydrogens is 573 g/mol. The molecule has 238 valence electrons. The zero-order valence-corrected chi connectivity index (χ0v) is 29.1. The van der Waals surface area contributed by atoms with Crippen LogP contribution in [0.4, 0.5) is 23.0 Å². The Morgan fingerprint density at radius 2 is 1.09 bits per heavy atom. The maximum absolute atomic E-state index is 5.77. The molecule has 5 aromatic rings. The first kappa shape index (κ1) is 30.9. The molecule has 4 aromatic carbocycles. The van der Waals surface area contributed by atoms with Gasteiger partial charge in [-0.2, -0.15) is 0 Å². The van der Waals surface area contributed by atoms with Crippen LogP contribution in [0.5, 0.6) is 0 Å². The van der Waals surface area contributed by atoms with Crippen LogP contribution in [-0.4, -0.2) is 16.1 Å². The highest BCUT2D eigenvalue weighted by Gasteiger charge is 2.43. The van der Waals surface area contributed by atoms with Gasteiger partial charge in [-0.25, -0.2) is 9.97 Å². The van der Waals surface area contributed by atoms with Crippen LogP contribution < -0.4 is 9.80 Å². The molecule has 4 nitrogen and oxygen atoms in total. The van der Waals surface area contributed by atoms with Crippen molar-refractivity contribution in [1.29, 1.82) is 0 Å². The van der Waals surface area contributed by atoms with Gasteiger partial charge in [-0.15, -0.1) is 0 Å². The molecule has 2 aliphatic rings. The summed E-state index contributed by atoms with van der Waals surface area (Å²) >= 11 is 0. The van der Waals surface area contributed by atoms with Gasteiger partial charge in [-0.05, 0) is 118 Å². The van der Waals surface area contributed by atoms with Gasteiger partial charge in [0, 0.05) is 22.5 Å². The standard InChI is InChI=1S/C43H46N4/c1-9-32-20-21-37-46(33-16-12-11-13-17-33)42-43(47(37)36-19-15-14-18-35(36)34(32)10-2)45-41(39-30(7)24-27(4)25-31(39)8)40(44-42)38-28(5)22-26(3)23-29(38)6/h11-25,32,34,37H,9-10H2,1-8H3/b21-20-. The van der Waals surface area contributed by atoms with Gasteiger partial charge in [0.15, 0.2) is 11.6 Å². The maximum atomic E-state index is 5.77. The van der Waals surface area contributed by atoms with E-state index in [0.29, 0.717) is 11.8 Å². The zero-order valence-electron chi connectivity index (χ0n) is 29.1. The first-order valence-corrected chi connectivity index (χ1v) is 17.2. The number of nitrogens with zero attached hydrogens (tertiary/aromatic N) is 4. The Hall–Kier alpha value is -4.70. The maximum Gasteiger partial charge on any atom is 0.179 e. The molecule has 0 saturated carbocycles. The van der Waals surface area contributed by atoms with Crippen LogP contribution in [0, 0.1) is 47.5 Å². The molecule has 3 atom stereocenters.